The van der Waals surface area contributed by atoms with Gasteiger partial charge in [0.25, 0.3) is 0 Å². The van der Waals surface area contributed by atoms with Crippen LogP contribution in [0.5, 0.6) is 0 Å². The molecular weight excluding hydrogens is 236 g/mol. The zero-order chi connectivity index (χ0) is 13.7. The second kappa shape index (κ2) is 6.85. The van der Waals surface area contributed by atoms with Gasteiger partial charge >= 0.3 is 0 Å². The fourth-order valence-electron chi connectivity index (χ4n) is 2.65. The Hall–Kier alpha value is -1.16. The number of nitrogens with zero attached hydrogens (tertiary/aromatic N) is 4. The molecule has 2 rings (SSSR count). The number of fused-ring (bicyclic) bond motifs is 1. The second-order valence-electron chi connectivity index (χ2n) is 5.96. The average molecular weight is 262 g/mol. The van der Waals surface area contributed by atoms with Crippen molar-refractivity contribution in [1.29, 1.82) is 0 Å². The van der Waals surface area contributed by atoms with Gasteiger partial charge < -0.3 is 9.47 Å². The van der Waals surface area contributed by atoms with E-state index in [1.165, 1.54) is 25.0 Å². The van der Waals surface area contributed by atoms with E-state index in [2.05, 4.69) is 46.5 Å². The molecule has 106 valence electrons. The number of rotatable bonds is 5. The van der Waals surface area contributed by atoms with E-state index < -0.39 is 0 Å². The highest BCUT2D eigenvalue weighted by Crippen LogP contribution is 2.12. The molecule has 1 aliphatic heterocycles. The molecule has 0 aliphatic carbocycles. The summed E-state index contributed by atoms with van der Waals surface area (Å²) in [5.74, 6) is 1.90. The molecule has 0 aromatic carbocycles. The van der Waals surface area contributed by atoms with Crippen molar-refractivity contribution < 1.29 is 0 Å². The summed E-state index contributed by atoms with van der Waals surface area (Å²) in [6, 6.07) is 0. The molecule has 0 fully saturated rings. The average Bonchev–Trinajstić information content (AvgIpc) is 2.72. The standard InChI is InChI=1S/C15H26N4/c1-13(2)5-4-6-14(3)11-18-8-7-15-17-16-12-19(15)10-9-18/h5,12,14H,4,6-11H2,1-3H3/t14-/m1/s1. The lowest BCUT2D eigenvalue weighted by molar-refractivity contribution is 0.236. The summed E-state index contributed by atoms with van der Waals surface area (Å²) >= 11 is 0. The summed E-state index contributed by atoms with van der Waals surface area (Å²) in [6.07, 6.45) is 7.73. The van der Waals surface area contributed by atoms with Crippen LogP contribution < -0.4 is 0 Å². The van der Waals surface area contributed by atoms with Gasteiger partial charge in [0.05, 0.1) is 0 Å². The summed E-state index contributed by atoms with van der Waals surface area (Å²) < 4.78 is 2.19. The van der Waals surface area contributed by atoms with Gasteiger partial charge in [0.15, 0.2) is 0 Å². The monoisotopic (exact) mass is 262 g/mol. The first-order valence-electron chi connectivity index (χ1n) is 7.37. The van der Waals surface area contributed by atoms with Crippen LogP contribution in [-0.4, -0.2) is 39.3 Å². The predicted octanol–water partition coefficient (Wildman–Crippen LogP) is 2.52. The van der Waals surface area contributed by atoms with Gasteiger partial charge in [-0.3, -0.25) is 0 Å². The van der Waals surface area contributed by atoms with E-state index in [1.54, 1.807) is 0 Å². The molecule has 0 saturated carbocycles. The van der Waals surface area contributed by atoms with Gasteiger partial charge in [-0.25, -0.2) is 0 Å². The van der Waals surface area contributed by atoms with Crippen molar-refractivity contribution in [1.82, 2.24) is 19.7 Å². The Kier molecular flexibility index (Phi) is 5.14. The molecule has 4 heteroatoms. The zero-order valence-electron chi connectivity index (χ0n) is 12.5. The van der Waals surface area contributed by atoms with Gasteiger partial charge in [0.1, 0.15) is 12.2 Å². The molecule has 1 aliphatic rings. The third-order valence-electron chi connectivity index (χ3n) is 3.79. The Bertz CT molecular complexity index is 395. The highest BCUT2D eigenvalue weighted by Gasteiger charge is 2.16. The summed E-state index contributed by atoms with van der Waals surface area (Å²) in [5.41, 5.74) is 1.43. The molecule has 0 radical (unpaired) electrons. The Morgan fingerprint density at radius 1 is 1.37 bits per heavy atom. The molecular formula is C15H26N4. The Morgan fingerprint density at radius 3 is 3.00 bits per heavy atom. The molecule has 0 saturated heterocycles. The van der Waals surface area contributed by atoms with Crippen molar-refractivity contribution in [2.75, 3.05) is 19.6 Å². The minimum atomic E-state index is 0.763. The SMILES string of the molecule is CC(C)=CCC[C@@H](C)CN1CCc2nncn2CC1. The molecule has 0 bridgehead atoms. The zero-order valence-corrected chi connectivity index (χ0v) is 12.5. The summed E-state index contributed by atoms with van der Waals surface area (Å²) in [5, 5.41) is 8.15. The largest absolute Gasteiger partial charge is 0.316 e. The lowest BCUT2D eigenvalue weighted by atomic mass is 10.0. The van der Waals surface area contributed by atoms with Crippen molar-refractivity contribution in [3.63, 3.8) is 0 Å². The fraction of sp³-hybridized carbons (Fsp3) is 0.733. The minimum Gasteiger partial charge on any atom is -0.316 e. The van der Waals surface area contributed by atoms with Gasteiger partial charge in [-0.15, -0.1) is 10.2 Å². The van der Waals surface area contributed by atoms with Crippen molar-refractivity contribution >= 4 is 0 Å². The summed E-state index contributed by atoms with van der Waals surface area (Å²) in [6.45, 7) is 11.2. The van der Waals surface area contributed by atoms with Crippen LogP contribution in [0.15, 0.2) is 18.0 Å². The van der Waals surface area contributed by atoms with Crippen LogP contribution in [0.25, 0.3) is 0 Å². The van der Waals surface area contributed by atoms with E-state index in [-0.39, 0.29) is 0 Å². The van der Waals surface area contributed by atoms with Gasteiger partial charge in [0, 0.05) is 32.6 Å². The number of hydrogen-bond acceptors (Lipinski definition) is 3. The molecule has 0 spiro atoms. The van der Waals surface area contributed by atoms with E-state index in [4.69, 9.17) is 0 Å². The van der Waals surface area contributed by atoms with Crippen LogP contribution in [0.3, 0.4) is 0 Å². The molecule has 19 heavy (non-hydrogen) atoms. The summed E-state index contributed by atoms with van der Waals surface area (Å²) in [7, 11) is 0. The topological polar surface area (TPSA) is 34.0 Å². The highest BCUT2D eigenvalue weighted by atomic mass is 15.3. The van der Waals surface area contributed by atoms with Crippen LogP contribution in [0.2, 0.25) is 0 Å². The molecule has 0 N–H and O–H groups in total. The molecule has 2 heterocycles. The minimum absolute atomic E-state index is 0.763. The van der Waals surface area contributed by atoms with Crippen LogP contribution in [-0.2, 0) is 13.0 Å². The van der Waals surface area contributed by atoms with Crippen LogP contribution in [0, 0.1) is 5.92 Å². The number of allylic oxidation sites excluding steroid dienone is 2. The number of aromatic nitrogens is 3. The number of hydrogen-bond donors (Lipinski definition) is 0. The smallest absolute Gasteiger partial charge is 0.134 e. The lowest BCUT2D eigenvalue weighted by Crippen LogP contribution is -2.31. The van der Waals surface area contributed by atoms with Crippen LogP contribution >= 0.6 is 0 Å². The highest BCUT2D eigenvalue weighted by molar-refractivity contribution is 4.93. The van der Waals surface area contributed by atoms with E-state index >= 15 is 0 Å². The Morgan fingerprint density at radius 2 is 2.21 bits per heavy atom. The van der Waals surface area contributed by atoms with E-state index in [0.717, 1.165) is 37.8 Å². The molecule has 1 atom stereocenters. The van der Waals surface area contributed by atoms with Crippen molar-refractivity contribution in [2.45, 2.75) is 46.6 Å². The maximum atomic E-state index is 4.18. The quantitative estimate of drug-likeness (QED) is 0.765. The summed E-state index contributed by atoms with van der Waals surface area (Å²) in [4.78, 5) is 2.57. The predicted molar refractivity (Wildman–Crippen MR) is 78.0 cm³/mol. The Labute approximate surface area is 116 Å². The van der Waals surface area contributed by atoms with Crippen molar-refractivity contribution in [3.8, 4) is 0 Å². The fourth-order valence-corrected chi connectivity index (χ4v) is 2.65. The van der Waals surface area contributed by atoms with Gasteiger partial charge in [0.2, 0.25) is 0 Å². The molecule has 0 amide bonds. The van der Waals surface area contributed by atoms with Gasteiger partial charge in [-0.05, 0) is 32.6 Å². The molecule has 4 nitrogen and oxygen atoms in total. The van der Waals surface area contributed by atoms with E-state index in [9.17, 15) is 0 Å². The lowest BCUT2D eigenvalue weighted by Gasteiger charge is -2.23. The van der Waals surface area contributed by atoms with Crippen LogP contribution in [0.1, 0.15) is 39.4 Å². The second-order valence-corrected chi connectivity index (χ2v) is 5.96. The Balaban J connectivity index is 1.75. The van der Waals surface area contributed by atoms with E-state index in [0.29, 0.717) is 0 Å². The van der Waals surface area contributed by atoms with E-state index in [1.807, 2.05) is 6.33 Å². The third-order valence-corrected chi connectivity index (χ3v) is 3.79. The van der Waals surface area contributed by atoms with Crippen LogP contribution in [0.4, 0.5) is 0 Å². The van der Waals surface area contributed by atoms with Crippen molar-refractivity contribution in [2.24, 2.45) is 5.92 Å². The maximum Gasteiger partial charge on any atom is 0.134 e. The molecule has 1 aromatic rings. The van der Waals surface area contributed by atoms with Gasteiger partial charge in [-0.1, -0.05) is 18.6 Å². The first-order valence-corrected chi connectivity index (χ1v) is 7.37. The first kappa shape index (κ1) is 14.3. The van der Waals surface area contributed by atoms with Gasteiger partial charge in [-0.2, -0.15) is 0 Å². The maximum absolute atomic E-state index is 4.18. The normalized spacial score (nSPS) is 17.6. The molecule has 0 unspecified atom stereocenters. The first-order chi connectivity index (χ1) is 9.15. The third kappa shape index (κ3) is 4.46. The van der Waals surface area contributed by atoms with Crippen molar-refractivity contribution in [3.05, 3.63) is 23.8 Å². The molecule has 1 aromatic heterocycles.